The maximum absolute atomic E-state index is 11.8. The first kappa shape index (κ1) is 16.7. The van der Waals surface area contributed by atoms with Gasteiger partial charge in [-0.1, -0.05) is 58.1 Å². The van der Waals surface area contributed by atoms with E-state index < -0.39 is 0 Å². The average Bonchev–Trinajstić information content (AvgIpc) is 3.20. The summed E-state index contributed by atoms with van der Waals surface area (Å²) < 4.78 is 5.88. The third-order valence-electron chi connectivity index (χ3n) is 2.92. The lowest BCUT2D eigenvalue weighted by atomic mass is 10.1. The van der Waals surface area contributed by atoms with E-state index in [4.69, 9.17) is 21.9 Å². The third kappa shape index (κ3) is 4.25. The molecular formula is C14H12ClN5O2S2. The maximum atomic E-state index is 11.8. The Bertz CT molecular complexity index is 851. The molecule has 3 N–H and O–H groups in total. The molecule has 2 heterocycles. The smallest absolute Gasteiger partial charge is 0.230 e. The monoisotopic (exact) mass is 381 g/mol. The fourth-order valence-corrected chi connectivity index (χ4v) is 3.53. The summed E-state index contributed by atoms with van der Waals surface area (Å²) in [6.45, 7) is 0.245. The number of thioether (sulfide) groups is 1. The topological polar surface area (TPSA) is 107 Å². The van der Waals surface area contributed by atoms with E-state index >= 15 is 0 Å². The average molecular weight is 382 g/mol. The first-order valence-electron chi connectivity index (χ1n) is 6.81. The van der Waals surface area contributed by atoms with Crippen molar-refractivity contribution in [3.8, 4) is 11.3 Å². The van der Waals surface area contributed by atoms with Crippen LogP contribution in [0, 0.1) is 0 Å². The molecule has 7 nitrogen and oxygen atoms in total. The van der Waals surface area contributed by atoms with E-state index in [0.29, 0.717) is 25.9 Å². The van der Waals surface area contributed by atoms with Crippen LogP contribution >= 0.6 is 34.7 Å². The number of hydrogen-bond acceptors (Lipinski definition) is 8. The lowest BCUT2D eigenvalue weighted by Gasteiger charge is -2.00. The van der Waals surface area contributed by atoms with Gasteiger partial charge in [-0.25, -0.2) is 0 Å². The van der Waals surface area contributed by atoms with Crippen LogP contribution < -0.4 is 11.1 Å². The predicted octanol–water partition coefficient (Wildman–Crippen LogP) is 2.84. The Hall–Kier alpha value is -2.10. The Morgan fingerprint density at radius 2 is 2.21 bits per heavy atom. The zero-order valence-electron chi connectivity index (χ0n) is 12.2. The van der Waals surface area contributed by atoms with Crippen LogP contribution in [-0.4, -0.2) is 27.0 Å². The van der Waals surface area contributed by atoms with E-state index in [9.17, 15) is 4.79 Å². The Labute approximate surface area is 150 Å². The molecule has 3 aromatic rings. The fourth-order valence-electron chi connectivity index (χ4n) is 1.83. The number of carbonyl (C=O) groups excluding carboxylic acids is 1. The van der Waals surface area contributed by atoms with Crippen LogP contribution in [0.3, 0.4) is 0 Å². The van der Waals surface area contributed by atoms with Crippen molar-refractivity contribution in [1.82, 2.24) is 20.7 Å². The van der Waals surface area contributed by atoms with Crippen LogP contribution in [0.2, 0.25) is 5.02 Å². The molecule has 0 radical (unpaired) electrons. The Balaban J connectivity index is 1.52. The number of nitrogens with one attached hydrogen (secondary N) is 1. The molecule has 0 aliphatic carbocycles. The molecule has 0 aliphatic heterocycles. The molecule has 0 atom stereocenters. The minimum Gasteiger partial charge on any atom is -0.374 e. The molecule has 0 saturated heterocycles. The van der Waals surface area contributed by atoms with Gasteiger partial charge in [0, 0.05) is 11.6 Å². The van der Waals surface area contributed by atoms with Crippen molar-refractivity contribution in [3.05, 3.63) is 41.1 Å². The zero-order chi connectivity index (χ0) is 16.9. The number of anilines is 1. The molecule has 2 aromatic heterocycles. The Morgan fingerprint density at radius 3 is 2.96 bits per heavy atom. The highest BCUT2D eigenvalue weighted by Crippen LogP contribution is 2.27. The molecule has 0 spiro atoms. The van der Waals surface area contributed by atoms with Crippen molar-refractivity contribution < 1.29 is 9.32 Å². The van der Waals surface area contributed by atoms with E-state index in [-0.39, 0.29) is 18.2 Å². The highest BCUT2D eigenvalue weighted by atomic mass is 35.5. The molecule has 0 bridgehead atoms. The van der Waals surface area contributed by atoms with Crippen LogP contribution in [0.1, 0.15) is 5.76 Å². The second-order valence-electron chi connectivity index (χ2n) is 4.63. The van der Waals surface area contributed by atoms with Gasteiger partial charge in [0.2, 0.25) is 11.0 Å². The van der Waals surface area contributed by atoms with Gasteiger partial charge >= 0.3 is 0 Å². The molecule has 0 fully saturated rings. The number of benzene rings is 1. The van der Waals surface area contributed by atoms with Gasteiger partial charge in [-0.15, -0.1) is 10.2 Å². The van der Waals surface area contributed by atoms with Gasteiger partial charge in [-0.05, 0) is 6.07 Å². The van der Waals surface area contributed by atoms with E-state index in [1.807, 2.05) is 18.2 Å². The Kier molecular flexibility index (Phi) is 5.34. The summed E-state index contributed by atoms with van der Waals surface area (Å²) in [6.07, 6.45) is 0. The van der Waals surface area contributed by atoms with Gasteiger partial charge in [0.05, 0.1) is 17.3 Å². The van der Waals surface area contributed by atoms with Crippen LogP contribution in [-0.2, 0) is 11.3 Å². The minimum absolute atomic E-state index is 0.149. The normalized spacial score (nSPS) is 10.7. The highest BCUT2D eigenvalue weighted by molar-refractivity contribution is 8.01. The van der Waals surface area contributed by atoms with Gasteiger partial charge in [-0.2, -0.15) is 0 Å². The number of carbonyl (C=O) groups is 1. The zero-order valence-corrected chi connectivity index (χ0v) is 14.6. The summed E-state index contributed by atoms with van der Waals surface area (Å²) in [5.74, 6) is 0.619. The van der Waals surface area contributed by atoms with Crippen LogP contribution in [0.5, 0.6) is 0 Å². The van der Waals surface area contributed by atoms with Crippen LogP contribution in [0.15, 0.2) is 39.2 Å². The maximum Gasteiger partial charge on any atom is 0.230 e. The molecule has 10 heteroatoms. The van der Waals surface area contributed by atoms with Gasteiger partial charge in [-0.3, -0.25) is 4.79 Å². The number of halogens is 1. The highest BCUT2D eigenvalue weighted by Gasteiger charge is 2.11. The molecule has 0 aliphatic rings. The largest absolute Gasteiger partial charge is 0.374 e. The number of nitrogen functional groups attached to an aromatic ring is 1. The molecule has 124 valence electrons. The lowest BCUT2D eigenvalue weighted by Crippen LogP contribution is -2.24. The van der Waals surface area contributed by atoms with Crippen molar-refractivity contribution in [1.29, 1.82) is 0 Å². The van der Waals surface area contributed by atoms with E-state index in [1.54, 1.807) is 12.1 Å². The van der Waals surface area contributed by atoms with Gasteiger partial charge in [0.25, 0.3) is 0 Å². The van der Waals surface area contributed by atoms with Crippen molar-refractivity contribution in [2.75, 3.05) is 11.5 Å². The minimum atomic E-state index is -0.149. The molecular weight excluding hydrogens is 370 g/mol. The van der Waals surface area contributed by atoms with Crippen LogP contribution in [0.4, 0.5) is 5.13 Å². The molecule has 1 amide bonds. The Morgan fingerprint density at radius 1 is 1.38 bits per heavy atom. The van der Waals surface area contributed by atoms with E-state index in [1.165, 1.54) is 23.1 Å². The number of amides is 1. The summed E-state index contributed by atoms with van der Waals surface area (Å²) in [6, 6.07) is 9.10. The summed E-state index contributed by atoms with van der Waals surface area (Å²) in [7, 11) is 0. The predicted molar refractivity (Wildman–Crippen MR) is 93.8 cm³/mol. The van der Waals surface area contributed by atoms with Crippen molar-refractivity contribution >= 4 is 45.7 Å². The summed E-state index contributed by atoms with van der Waals surface area (Å²) in [5, 5.41) is 15.2. The molecule has 0 unspecified atom stereocenters. The quantitative estimate of drug-likeness (QED) is 0.632. The number of hydrogen-bond donors (Lipinski definition) is 2. The first-order valence-corrected chi connectivity index (χ1v) is 8.99. The van der Waals surface area contributed by atoms with Gasteiger partial charge in [0.1, 0.15) is 5.69 Å². The summed E-state index contributed by atoms with van der Waals surface area (Å²) in [4.78, 5) is 11.8. The van der Waals surface area contributed by atoms with Gasteiger partial charge < -0.3 is 15.6 Å². The molecule has 1 aromatic carbocycles. The summed E-state index contributed by atoms with van der Waals surface area (Å²) in [5.41, 5.74) is 6.89. The van der Waals surface area contributed by atoms with Crippen molar-refractivity contribution in [3.63, 3.8) is 0 Å². The number of nitrogens with two attached hydrogens (primary N) is 1. The van der Waals surface area contributed by atoms with Crippen molar-refractivity contribution in [2.24, 2.45) is 0 Å². The molecule has 0 saturated carbocycles. The number of aromatic nitrogens is 3. The number of nitrogens with zero attached hydrogens (tertiary/aromatic N) is 3. The lowest BCUT2D eigenvalue weighted by molar-refractivity contribution is -0.118. The number of rotatable bonds is 6. The standard InChI is InChI=1S/C14H12ClN5O2S2/c15-10-4-2-1-3-9(10)11-5-8(22-20-11)6-17-12(21)7-23-14-19-18-13(16)24-14/h1-5H,6-7H2,(H2,16,18)(H,17,21). The summed E-state index contributed by atoms with van der Waals surface area (Å²) >= 11 is 8.65. The van der Waals surface area contributed by atoms with Crippen molar-refractivity contribution in [2.45, 2.75) is 10.9 Å². The van der Waals surface area contributed by atoms with Gasteiger partial charge in [0.15, 0.2) is 10.1 Å². The molecule has 3 rings (SSSR count). The second kappa shape index (κ2) is 7.65. The van der Waals surface area contributed by atoms with E-state index in [2.05, 4.69) is 20.7 Å². The van der Waals surface area contributed by atoms with E-state index in [0.717, 1.165) is 5.56 Å². The first-order chi connectivity index (χ1) is 11.6. The third-order valence-corrected chi connectivity index (χ3v) is 5.13. The SMILES string of the molecule is Nc1nnc(SCC(=O)NCc2cc(-c3ccccc3Cl)no2)s1. The fraction of sp³-hybridized carbons (Fsp3) is 0.143. The van der Waals surface area contributed by atoms with Crippen LogP contribution in [0.25, 0.3) is 11.3 Å². The molecule has 24 heavy (non-hydrogen) atoms. The second-order valence-corrected chi connectivity index (χ2v) is 7.27.